The van der Waals surface area contributed by atoms with Gasteiger partial charge >= 0.3 is 0 Å². The van der Waals surface area contributed by atoms with Gasteiger partial charge in [-0.3, -0.25) is 0 Å². The predicted molar refractivity (Wildman–Crippen MR) is 185 cm³/mol. The third-order valence-electron chi connectivity index (χ3n) is 9.76. The predicted octanol–water partition coefficient (Wildman–Crippen LogP) is 2.39. The van der Waals surface area contributed by atoms with Crippen LogP contribution in [0.25, 0.3) is 21.8 Å². The summed E-state index contributed by atoms with van der Waals surface area (Å²) in [6.07, 6.45) is -10.8. The van der Waals surface area contributed by atoms with E-state index < -0.39 is 86.2 Å². The van der Waals surface area contributed by atoms with Gasteiger partial charge in [-0.05, 0) is 65.2 Å². The number of nitrogens with zero attached hydrogens (tertiary/aromatic N) is 2. The van der Waals surface area contributed by atoms with Crippen molar-refractivity contribution < 1.29 is 54.7 Å². The van der Waals surface area contributed by atoms with Gasteiger partial charge in [-0.1, -0.05) is 44.0 Å². The van der Waals surface area contributed by atoms with Crippen LogP contribution in [0.3, 0.4) is 0 Å². The third-order valence-corrected chi connectivity index (χ3v) is 10.7. The van der Waals surface area contributed by atoms with Crippen molar-refractivity contribution in [3.8, 4) is 0 Å². The molecule has 266 valence electrons. The normalized spacial score (nSPS) is 31.0. The molecule has 0 radical (unpaired) electrons. The highest BCUT2D eigenvalue weighted by atomic mass is 79.9. The fraction of sp³-hybridized carbons (Fsp3) is 0.371. The number of fused-ring (bicyclic) bond motifs is 2. The SMILES string of the molecule is OC[C@H]1O[C@@H](n2cc(C(c3ccc(F)cc3)c3cn([C@@H]4O[C@H](CO)[C@@H](O)[C@@H](O)[C@H]4O)c4ccc(Br)cc34)c3cc(Br)ccc32)[C@H](O)[C@H](O)[C@@H]1O. The second-order valence-electron chi connectivity index (χ2n) is 12.7. The van der Waals surface area contributed by atoms with E-state index in [4.69, 9.17) is 9.47 Å². The summed E-state index contributed by atoms with van der Waals surface area (Å²) in [4.78, 5) is 0. The zero-order valence-corrected chi connectivity index (χ0v) is 29.3. The molecule has 0 spiro atoms. The van der Waals surface area contributed by atoms with Gasteiger partial charge in [0.2, 0.25) is 0 Å². The zero-order valence-electron chi connectivity index (χ0n) is 26.1. The standard InChI is InChI=1S/C35H35Br2FN2O10/c36-16-3-7-23-19(9-16)21(11-39(23)34-32(47)30(45)28(43)25(13-41)49-34)27(15-1-5-18(38)6-2-15)22-12-40(24-8-4-17(37)10-20(22)24)35-33(48)31(46)29(44)26(14-42)50-35/h1-12,25-35,41-48H,13-14H2/t25-,26-,28-,29-,30-,31-,32-,33-,34-,35-/m1/s1. The Labute approximate surface area is 301 Å². The van der Waals surface area contributed by atoms with Crippen molar-refractivity contribution in [3.63, 3.8) is 0 Å². The summed E-state index contributed by atoms with van der Waals surface area (Å²) >= 11 is 7.13. The van der Waals surface area contributed by atoms with Crippen LogP contribution >= 0.6 is 31.9 Å². The lowest BCUT2D eigenvalue weighted by Crippen LogP contribution is -2.56. The number of ether oxygens (including phenoxy) is 2. The summed E-state index contributed by atoms with van der Waals surface area (Å²) in [6.45, 7) is -1.22. The molecule has 2 aliphatic heterocycles. The van der Waals surface area contributed by atoms with E-state index in [1.807, 2.05) is 12.1 Å². The molecule has 50 heavy (non-hydrogen) atoms. The van der Waals surface area contributed by atoms with Crippen molar-refractivity contribution in [1.82, 2.24) is 9.13 Å². The van der Waals surface area contributed by atoms with E-state index in [0.717, 1.165) is 8.95 Å². The molecular weight excluding hydrogens is 787 g/mol. The maximum Gasteiger partial charge on any atom is 0.163 e. The first-order chi connectivity index (χ1) is 23.9. The molecule has 2 fully saturated rings. The minimum atomic E-state index is -1.62. The molecule has 4 heterocycles. The quantitative estimate of drug-likeness (QED) is 0.121. The van der Waals surface area contributed by atoms with E-state index in [1.165, 1.54) is 12.1 Å². The lowest BCUT2D eigenvalue weighted by atomic mass is 9.85. The first-order valence-electron chi connectivity index (χ1n) is 15.9. The Hall–Kier alpha value is -2.77. The van der Waals surface area contributed by atoms with Crippen LogP contribution in [0.15, 0.2) is 82.0 Å². The Morgan fingerprint density at radius 3 is 1.42 bits per heavy atom. The summed E-state index contributed by atoms with van der Waals surface area (Å²) in [7, 11) is 0. The Morgan fingerprint density at radius 2 is 1.02 bits per heavy atom. The van der Waals surface area contributed by atoms with E-state index >= 15 is 0 Å². The number of hydrogen-bond acceptors (Lipinski definition) is 10. The number of aliphatic hydroxyl groups is 8. The van der Waals surface area contributed by atoms with Crippen LogP contribution in [-0.4, -0.2) is 112 Å². The summed E-state index contributed by atoms with van der Waals surface area (Å²) in [5.74, 6) is -1.12. The molecule has 12 nitrogen and oxygen atoms in total. The monoisotopic (exact) mass is 820 g/mol. The summed E-state index contributed by atoms with van der Waals surface area (Å²) < 4.78 is 31.0. The largest absolute Gasteiger partial charge is 0.394 e. The highest BCUT2D eigenvalue weighted by Gasteiger charge is 2.46. The smallest absolute Gasteiger partial charge is 0.163 e. The van der Waals surface area contributed by atoms with Gasteiger partial charge in [0.15, 0.2) is 12.5 Å². The van der Waals surface area contributed by atoms with Crippen molar-refractivity contribution in [3.05, 3.63) is 105 Å². The van der Waals surface area contributed by atoms with Gasteiger partial charge in [0, 0.05) is 38.0 Å². The Balaban J connectivity index is 1.47. The second-order valence-corrected chi connectivity index (χ2v) is 14.6. The molecule has 0 unspecified atom stereocenters. The fourth-order valence-corrected chi connectivity index (χ4v) is 7.92. The summed E-state index contributed by atoms with van der Waals surface area (Å²) in [6, 6.07) is 16.9. The van der Waals surface area contributed by atoms with Crippen molar-refractivity contribution >= 4 is 53.7 Å². The van der Waals surface area contributed by atoms with Gasteiger partial charge in [0.25, 0.3) is 0 Å². The molecule has 8 N–H and O–H groups in total. The molecule has 7 rings (SSSR count). The summed E-state index contributed by atoms with van der Waals surface area (Å²) in [5.41, 5.74) is 3.15. The molecule has 0 saturated carbocycles. The van der Waals surface area contributed by atoms with E-state index in [0.29, 0.717) is 38.5 Å². The van der Waals surface area contributed by atoms with Crippen molar-refractivity contribution in [2.45, 2.75) is 67.2 Å². The lowest BCUT2D eigenvalue weighted by molar-refractivity contribution is -0.250. The van der Waals surface area contributed by atoms with E-state index in [9.17, 15) is 45.2 Å². The maximum atomic E-state index is 14.4. The van der Waals surface area contributed by atoms with Crippen LogP contribution in [-0.2, 0) is 9.47 Å². The average Bonchev–Trinajstić information content (AvgIpc) is 3.65. The topological polar surface area (TPSA) is 190 Å². The zero-order chi connectivity index (χ0) is 35.6. The molecule has 2 saturated heterocycles. The van der Waals surface area contributed by atoms with Crippen LogP contribution in [0, 0.1) is 5.82 Å². The Morgan fingerprint density at radius 1 is 0.600 bits per heavy atom. The van der Waals surface area contributed by atoms with Gasteiger partial charge in [-0.15, -0.1) is 0 Å². The van der Waals surface area contributed by atoms with Crippen LogP contribution in [0.5, 0.6) is 0 Å². The molecule has 2 aromatic heterocycles. The fourth-order valence-electron chi connectivity index (χ4n) is 7.19. The third kappa shape index (κ3) is 6.02. The van der Waals surface area contributed by atoms with Crippen LogP contribution in [0.2, 0.25) is 0 Å². The molecule has 5 aromatic rings. The molecule has 2 aliphatic rings. The van der Waals surface area contributed by atoms with Crippen LogP contribution in [0.4, 0.5) is 4.39 Å². The molecule has 3 aromatic carbocycles. The van der Waals surface area contributed by atoms with Gasteiger partial charge in [-0.2, -0.15) is 0 Å². The Bertz CT molecular complexity index is 1880. The van der Waals surface area contributed by atoms with Crippen molar-refractivity contribution in [2.75, 3.05) is 13.2 Å². The van der Waals surface area contributed by atoms with Crippen molar-refractivity contribution in [1.29, 1.82) is 0 Å². The molecule has 0 amide bonds. The molecule has 0 aliphatic carbocycles. The number of halogens is 3. The molecule has 0 bridgehead atoms. The first-order valence-corrected chi connectivity index (χ1v) is 17.5. The minimum Gasteiger partial charge on any atom is -0.394 e. The first kappa shape index (κ1) is 35.6. The number of benzene rings is 3. The summed E-state index contributed by atoms with van der Waals surface area (Å²) in [5, 5.41) is 85.8. The van der Waals surface area contributed by atoms with E-state index in [1.54, 1.807) is 57.9 Å². The molecule has 10 atom stereocenters. The van der Waals surface area contributed by atoms with Gasteiger partial charge in [0.05, 0.1) is 24.2 Å². The van der Waals surface area contributed by atoms with Crippen molar-refractivity contribution in [2.24, 2.45) is 0 Å². The second kappa shape index (κ2) is 14.0. The molecular formula is C35H35Br2FN2O10. The molecule has 15 heteroatoms. The number of aromatic nitrogens is 2. The van der Waals surface area contributed by atoms with Gasteiger partial charge < -0.3 is 59.5 Å². The highest BCUT2D eigenvalue weighted by molar-refractivity contribution is 9.10. The van der Waals surface area contributed by atoms with E-state index in [-0.39, 0.29) is 0 Å². The lowest BCUT2D eigenvalue weighted by Gasteiger charge is -2.40. The van der Waals surface area contributed by atoms with Gasteiger partial charge in [0.1, 0.15) is 54.6 Å². The Kier molecular flexibility index (Phi) is 9.97. The maximum absolute atomic E-state index is 14.4. The number of aliphatic hydroxyl groups excluding tert-OH is 8. The van der Waals surface area contributed by atoms with Gasteiger partial charge in [-0.25, -0.2) is 4.39 Å². The van der Waals surface area contributed by atoms with E-state index in [2.05, 4.69) is 31.9 Å². The van der Waals surface area contributed by atoms with Crippen LogP contribution in [0.1, 0.15) is 35.1 Å². The number of rotatable bonds is 7. The average molecular weight is 822 g/mol. The highest BCUT2D eigenvalue weighted by Crippen LogP contribution is 2.45. The van der Waals surface area contributed by atoms with Crippen LogP contribution < -0.4 is 0 Å². The minimum absolute atomic E-state index is 0.453. The number of hydrogen-bond donors (Lipinski definition) is 8.